The van der Waals surface area contributed by atoms with E-state index in [9.17, 15) is 10.1 Å². The predicted molar refractivity (Wildman–Crippen MR) is 93.7 cm³/mol. The number of carbonyl (C=O) groups is 1. The molecule has 1 aliphatic carbocycles. The number of allylic oxidation sites excluding steroid dienone is 3. The number of ether oxygens (including phenoxy) is 1. The topological polar surface area (TPSA) is 50.1 Å². The van der Waals surface area contributed by atoms with Gasteiger partial charge in [-0.3, -0.25) is 0 Å². The van der Waals surface area contributed by atoms with Crippen molar-refractivity contribution < 1.29 is 9.53 Å². The Kier molecular flexibility index (Phi) is 7.06. The molecule has 23 heavy (non-hydrogen) atoms. The van der Waals surface area contributed by atoms with Crippen LogP contribution in [0.25, 0.3) is 0 Å². The van der Waals surface area contributed by atoms with Gasteiger partial charge in [-0.1, -0.05) is 38.0 Å². The van der Waals surface area contributed by atoms with Crippen molar-refractivity contribution >= 4 is 5.97 Å². The summed E-state index contributed by atoms with van der Waals surface area (Å²) in [6.07, 6.45) is 7.27. The average Bonchev–Trinajstić information content (AvgIpc) is 2.42. The fourth-order valence-corrected chi connectivity index (χ4v) is 3.40. The van der Waals surface area contributed by atoms with Gasteiger partial charge in [0.05, 0.1) is 6.10 Å². The summed E-state index contributed by atoms with van der Waals surface area (Å²) < 4.78 is 5.11. The first-order valence-corrected chi connectivity index (χ1v) is 8.69. The van der Waals surface area contributed by atoms with Crippen LogP contribution in [0.5, 0.6) is 0 Å². The van der Waals surface area contributed by atoms with Gasteiger partial charge in [-0.15, -0.1) is 0 Å². The molecule has 0 bridgehead atoms. The maximum Gasteiger partial charge on any atom is 0.348 e. The fourth-order valence-electron chi connectivity index (χ4n) is 3.40. The minimum atomic E-state index is -0.511. The molecule has 0 aromatic carbocycles. The van der Waals surface area contributed by atoms with Gasteiger partial charge in [-0.2, -0.15) is 5.26 Å². The van der Waals surface area contributed by atoms with Gasteiger partial charge in [0.25, 0.3) is 0 Å². The van der Waals surface area contributed by atoms with Crippen molar-refractivity contribution in [1.82, 2.24) is 0 Å². The second kappa shape index (κ2) is 8.34. The van der Waals surface area contributed by atoms with Gasteiger partial charge in [0.1, 0.15) is 11.6 Å². The molecule has 0 spiro atoms. The van der Waals surface area contributed by atoms with Crippen molar-refractivity contribution in [3.05, 3.63) is 22.8 Å². The maximum absolute atomic E-state index is 11.9. The van der Waals surface area contributed by atoms with Crippen molar-refractivity contribution in [3.63, 3.8) is 0 Å². The molecule has 0 N–H and O–H groups in total. The summed E-state index contributed by atoms with van der Waals surface area (Å²) in [4.78, 5) is 11.9. The quantitative estimate of drug-likeness (QED) is 0.288. The van der Waals surface area contributed by atoms with Crippen molar-refractivity contribution in [2.24, 2.45) is 11.3 Å². The smallest absolute Gasteiger partial charge is 0.348 e. The van der Waals surface area contributed by atoms with E-state index >= 15 is 0 Å². The number of esters is 1. The molecule has 1 aliphatic rings. The highest BCUT2D eigenvalue weighted by atomic mass is 16.5. The molecule has 0 radical (unpaired) electrons. The minimum Gasteiger partial charge on any atom is -0.459 e. The third-order valence-corrected chi connectivity index (χ3v) is 4.67. The van der Waals surface area contributed by atoms with E-state index in [1.165, 1.54) is 24.8 Å². The highest BCUT2D eigenvalue weighted by molar-refractivity contribution is 5.92. The fraction of sp³-hybridized carbons (Fsp3) is 0.700. The molecule has 0 fully saturated rings. The van der Waals surface area contributed by atoms with Crippen molar-refractivity contribution in [2.75, 3.05) is 0 Å². The highest BCUT2D eigenvalue weighted by Gasteiger charge is 2.28. The summed E-state index contributed by atoms with van der Waals surface area (Å²) in [6, 6.07) is 1.98. The lowest BCUT2D eigenvalue weighted by Gasteiger charge is -2.35. The van der Waals surface area contributed by atoms with Crippen LogP contribution in [0.15, 0.2) is 22.8 Å². The van der Waals surface area contributed by atoms with E-state index < -0.39 is 5.97 Å². The van der Waals surface area contributed by atoms with Gasteiger partial charge < -0.3 is 4.74 Å². The molecule has 128 valence electrons. The van der Waals surface area contributed by atoms with Crippen LogP contribution in [0.1, 0.15) is 73.6 Å². The summed E-state index contributed by atoms with van der Waals surface area (Å²) >= 11 is 0. The SMILES string of the molecule is CC1=C(CCC(C)C=C(C#N)C(=O)OC(C)C)C(C)(C)CCC1. The summed E-state index contributed by atoms with van der Waals surface area (Å²) in [5.41, 5.74) is 3.49. The molecule has 0 saturated heterocycles. The van der Waals surface area contributed by atoms with Crippen LogP contribution in [0.2, 0.25) is 0 Å². The van der Waals surface area contributed by atoms with Gasteiger partial charge in [0.15, 0.2) is 0 Å². The van der Waals surface area contributed by atoms with Gasteiger partial charge >= 0.3 is 5.97 Å². The Morgan fingerprint density at radius 1 is 1.39 bits per heavy atom. The molecule has 0 heterocycles. The lowest BCUT2D eigenvalue weighted by Crippen LogP contribution is -2.20. The van der Waals surface area contributed by atoms with E-state index in [2.05, 4.69) is 27.7 Å². The Morgan fingerprint density at radius 3 is 2.57 bits per heavy atom. The molecular formula is C20H31NO2. The number of hydrogen-bond donors (Lipinski definition) is 0. The summed E-state index contributed by atoms with van der Waals surface area (Å²) in [5.74, 6) is -0.329. The molecule has 3 nitrogen and oxygen atoms in total. The Bertz CT molecular complexity index is 532. The number of hydrogen-bond acceptors (Lipinski definition) is 3. The zero-order valence-electron chi connectivity index (χ0n) is 15.5. The van der Waals surface area contributed by atoms with Crippen molar-refractivity contribution in [3.8, 4) is 6.07 Å². The zero-order chi connectivity index (χ0) is 17.6. The predicted octanol–water partition coefficient (Wildman–Crippen LogP) is 5.33. The Morgan fingerprint density at radius 2 is 2.04 bits per heavy atom. The van der Waals surface area contributed by atoms with Crippen molar-refractivity contribution in [1.29, 1.82) is 5.26 Å². The zero-order valence-corrected chi connectivity index (χ0v) is 15.5. The molecule has 1 rings (SSSR count). The summed E-state index contributed by atoms with van der Waals surface area (Å²) in [5, 5.41) is 9.17. The van der Waals surface area contributed by atoms with Crippen LogP contribution in [0, 0.1) is 22.7 Å². The van der Waals surface area contributed by atoms with Crippen molar-refractivity contribution in [2.45, 2.75) is 79.8 Å². The van der Waals surface area contributed by atoms with Crippen LogP contribution >= 0.6 is 0 Å². The van der Waals surface area contributed by atoms with Gasteiger partial charge in [-0.05, 0) is 64.2 Å². The molecule has 0 aliphatic heterocycles. The molecule has 3 heteroatoms. The molecule has 1 atom stereocenters. The van der Waals surface area contributed by atoms with E-state index in [1.807, 2.05) is 6.07 Å². The van der Waals surface area contributed by atoms with Gasteiger partial charge in [0.2, 0.25) is 0 Å². The Balaban J connectivity index is 2.72. The molecule has 0 aromatic rings. The number of nitrogens with zero attached hydrogens (tertiary/aromatic N) is 1. The van der Waals surface area contributed by atoms with E-state index in [0.717, 1.165) is 12.8 Å². The second-order valence-corrected chi connectivity index (χ2v) is 7.66. The van der Waals surface area contributed by atoms with Crippen LogP contribution in [0.4, 0.5) is 0 Å². The third kappa shape index (κ3) is 5.86. The summed E-state index contributed by atoms with van der Waals surface area (Å²) in [6.45, 7) is 12.5. The number of rotatable bonds is 6. The normalized spacial score (nSPS) is 19.5. The van der Waals surface area contributed by atoms with E-state index in [1.54, 1.807) is 25.5 Å². The van der Waals surface area contributed by atoms with Gasteiger partial charge in [-0.25, -0.2) is 4.79 Å². The standard InChI is InChI=1S/C20H31NO2/c1-14(2)23-19(22)17(13-21)12-15(3)9-10-18-16(4)8-7-11-20(18,5)6/h12,14-15H,7-11H2,1-6H3. The van der Waals surface area contributed by atoms with E-state index in [4.69, 9.17) is 4.74 Å². The first-order valence-electron chi connectivity index (χ1n) is 8.69. The van der Waals surface area contributed by atoms with E-state index in [0.29, 0.717) is 0 Å². The van der Waals surface area contributed by atoms with Gasteiger partial charge in [0, 0.05) is 0 Å². The summed E-state index contributed by atoms with van der Waals surface area (Å²) in [7, 11) is 0. The lowest BCUT2D eigenvalue weighted by molar-refractivity contribution is -0.142. The first kappa shape index (κ1) is 19.5. The maximum atomic E-state index is 11.9. The Hall–Kier alpha value is -1.56. The Labute approximate surface area is 141 Å². The largest absolute Gasteiger partial charge is 0.459 e. The molecular weight excluding hydrogens is 286 g/mol. The number of nitriles is 1. The molecule has 0 aromatic heterocycles. The number of carbonyl (C=O) groups excluding carboxylic acids is 1. The first-order chi connectivity index (χ1) is 10.7. The minimum absolute atomic E-state index is 0.125. The van der Waals surface area contributed by atoms with Crippen LogP contribution < -0.4 is 0 Å². The lowest BCUT2D eigenvalue weighted by atomic mass is 9.71. The third-order valence-electron chi connectivity index (χ3n) is 4.67. The van der Waals surface area contributed by atoms with E-state index in [-0.39, 0.29) is 23.0 Å². The average molecular weight is 317 g/mol. The van der Waals surface area contributed by atoms with Crippen LogP contribution in [0.3, 0.4) is 0 Å². The van der Waals surface area contributed by atoms with Crippen LogP contribution in [-0.2, 0) is 9.53 Å². The monoisotopic (exact) mass is 317 g/mol. The second-order valence-electron chi connectivity index (χ2n) is 7.66. The molecule has 1 unspecified atom stereocenters. The highest BCUT2D eigenvalue weighted by Crippen LogP contribution is 2.42. The van der Waals surface area contributed by atoms with Crippen LogP contribution in [-0.4, -0.2) is 12.1 Å². The molecule has 0 saturated carbocycles. The molecule has 0 amide bonds.